The van der Waals surface area contributed by atoms with Gasteiger partial charge in [-0.15, -0.1) is 0 Å². The number of rotatable bonds is 2. The summed E-state index contributed by atoms with van der Waals surface area (Å²) in [6.07, 6.45) is 0.796. The van der Waals surface area contributed by atoms with Crippen molar-refractivity contribution in [2.24, 2.45) is 0 Å². The minimum absolute atomic E-state index is 0.270. The fourth-order valence-corrected chi connectivity index (χ4v) is 4.57. The Kier molecular flexibility index (Phi) is 4.23. The summed E-state index contributed by atoms with van der Waals surface area (Å²) in [5.74, 6) is 0.828. The molecule has 0 unspecified atom stereocenters. The van der Waals surface area contributed by atoms with Crippen LogP contribution in [0.4, 0.5) is 23.8 Å². The van der Waals surface area contributed by atoms with Crippen LogP contribution >= 0.6 is 0 Å². The maximum atomic E-state index is 13.1. The van der Waals surface area contributed by atoms with E-state index in [1.165, 1.54) is 11.0 Å². The Hall–Kier alpha value is -3.10. The lowest BCUT2D eigenvalue weighted by molar-refractivity contribution is -0.137. The van der Waals surface area contributed by atoms with E-state index in [9.17, 15) is 18.0 Å². The smallest absolute Gasteiger partial charge is 0.416 e. The molecular weight excluding hydrogens is 397 g/mol. The Morgan fingerprint density at radius 3 is 2.63 bits per heavy atom. The topological polar surface area (TPSA) is 71.1 Å². The number of amides is 1. The van der Waals surface area contributed by atoms with Crippen LogP contribution in [0.25, 0.3) is 11.0 Å². The molecular formula is C21H19F3N4O2. The molecule has 5 rings (SSSR count). The normalized spacial score (nSPS) is 21.4. The Morgan fingerprint density at radius 1 is 1.13 bits per heavy atom. The van der Waals surface area contributed by atoms with Crippen molar-refractivity contribution in [2.75, 3.05) is 4.90 Å². The predicted molar refractivity (Wildman–Crippen MR) is 103 cm³/mol. The van der Waals surface area contributed by atoms with Crippen LogP contribution in [0.2, 0.25) is 0 Å². The molecule has 1 aliphatic heterocycles. The van der Waals surface area contributed by atoms with Crippen LogP contribution in [0.3, 0.4) is 0 Å². The van der Waals surface area contributed by atoms with E-state index in [-0.39, 0.29) is 5.52 Å². The number of pyridine rings is 1. The van der Waals surface area contributed by atoms with Gasteiger partial charge in [0.15, 0.2) is 0 Å². The first-order chi connectivity index (χ1) is 14.4. The standard InChI is InChI=1S/C21H19F3N4O2/c22-21(23,24)13-7-8-14-15(12-13)27-18(26-14)17-20(9-3-1-4-10-20)30-19(29)28(17)16-6-2-5-11-25-16/h2,5-8,11-12,17H,1,3-4,9-10H2,(H,26,27)/t17-/m1/s1. The van der Waals surface area contributed by atoms with Crippen LogP contribution in [0, 0.1) is 0 Å². The van der Waals surface area contributed by atoms with E-state index in [2.05, 4.69) is 15.0 Å². The third-order valence-corrected chi connectivity index (χ3v) is 5.93. The Balaban J connectivity index is 1.64. The molecule has 156 valence electrons. The highest BCUT2D eigenvalue weighted by molar-refractivity contribution is 5.90. The second-order valence-corrected chi connectivity index (χ2v) is 7.81. The van der Waals surface area contributed by atoms with E-state index in [0.29, 0.717) is 30.0 Å². The number of ether oxygens (including phenoxy) is 1. The summed E-state index contributed by atoms with van der Waals surface area (Å²) in [4.78, 5) is 26.3. The molecule has 9 heteroatoms. The van der Waals surface area contributed by atoms with Crippen LogP contribution in [-0.2, 0) is 10.9 Å². The first kappa shape index (κ1) is 18.9. The van der Waals surface area contributed by atoms with Crippen LogP contribution in [0.5, 0.6) is 0 Å². The van der Waals surface area contributed by atoms with Crippen molar-refractivity contribution in [2.45, 2.75) is 49.9 Å². The zero-order valence-electron chi connectivity index (χ0n) is 15.9. The van der Waals surface area contributed by atoms with Gasteiger partial charge in [-0.3, -0.25) is 0 Å². The van der Waals surface area contributed by atoms with Crippen LogP contribution in [-0.4, -0.2) is 26.6 Å². The lowest BCUT2D eigenvalue weighted by Gasteiger charge is -2.36. The van der Waals surface area contributed by atoms with Gasteiger partial charge in [-0.25, -0.2) is 19.7 Å². The molecule has 1 N–H and O–H groups in total. The van der Waals surface area contributed by atoms with Gasteiger partial charge in [0.2, 0.25) is 0 Å². The fourth-order valence-electron chi connectivity index (χ4n) is 4.57. The molecule has 1 spiro atoms. The van der Waals surface area contributed by atoms with Crippen molar-refractivity contribution in [3.05, 3.63) is 54.0 Å². The number of alkyl halides is 3. The first-order valence-electron chi connectivity index (χ1n) is 9.87. The number of nitrogens with one attached hydrogen (secondary N) is 1. The van der Waals surface area contributed by atoms with Gasteiger partial charge in [-0.2, -0.15) is 13.2 Å². The number of carbonyl (C=O) groups excluding carboxylic acids is 1. The van der Waals surface area contributed by atoms with Gasteiger partial charge in [-0.05, 0) is 56.0 Å². The molecule has 0 bridgehead atoms. The highest BCUT2D eigenvalue weighted by atomic mass is 19.4. The number of fused-ring (bicyclic) bond motifs is 1. The van der Waals surface area contributed by atoms with Crippen molar-refractivity contribution in [1.82, 2.24) is 15.0 Å². The second kappa shape index (κ2) is 6.72. The van der Waals surface area contributed by atoms with Gasteiger partial charge >= 0.3 is 12.3 Å². The monoisotopic (exact) mass is 416 g/mol. The number of aromatic nitrogens is 3. The number of imidazole rings is 1. The largest absolute Gasteiger partial charge is 0.440 e. The second-order valence-electron chi connectivity index (χ2n) is 7.81. The predicted octanol–water partition coefficient (Wildman–Crippen LogP) is 5.38. The van der Waals surface area contributed by atoms with Crippen molar-refractivity contribution in [1.29, 1.82) is 0 Å². The minimum Gasteiger partial charge on any atom is -0.440 e. The molecule has 2 aliphatic rings. The van der Waals surface area contributed by atoms with Crippen molar-refractivity contribution in [3.8, 4) is 0 Å². The van der Waals surface area contributed by atoms with Crippen LogP contribution < -0.4 is 4.90 Å². The van der Waals surface area contributed by atoms with Gasteiger partial charge in [-0.1, -0.05) is 12.5 Å². The maximum Gasteiger partial charge on any atom is 0.416 e. The molecule has 2 fully saturated rings. The Bertz CT molecular complexity index is 1090. The van der Waals surface area contributed by atoms with Gasteiger partial charge < -0.3 is 9.72 Å². The number of carbonyl (C=O) groups is 1. The van der Waals surface area contributed by atoms with Crippen molar-refractivity contribution < 1.29 is 22.7 Å². The van der Waals surface area contributed by atoms with E-state index < -0.39 is 29.5 Å². The average Bonchev–Trinajstić information content (AvgIpc) is 3.26. The number of H-pyrrole nitrogens is 1. The van der Waals surface area contributed by atoms with Crippen LogP contribution in [0.15, 0.2) is 42.6 Å². The molecule has 0 radical (unpaired) electrons. The summed E-state index contributed by atoms with van der Waals surface area (Å²) in [6, 6.07) is 8.03. The number of nitrogens with zero attached hydrogens (tertiary/aromatic N) is 3. The molecule has 30 heavy (non-hydrogen) atoms. The van der Waals surface area contributed by atoms with Gasteiger partial charge in [0.25, 0.3) is 0 Å². The average molecular weight is 416 g/mol. The van der Waals surface area contributed by atoms with Crippen molar-refractivity contribution >= 4 is 22.9 Å². The molecule has 3 heterocycles. The molecule has 1 aliphatic carbocycles. The Labute approximate surface area is 170 Å². The molecule has 1 atom stereocenters. The number of hydrogen-bond donors (Lipinski definition) is 1. The molecule has 1 saturated carbocycles. The summed E-state index contributed by atoms with van der Waals surface area (Å²) in [7, 11) is 0. The SMILES string of the molecule is O=C1OC2(CCCCC2)[C@@H](c2nc3ccc(C(F)(F)F)cc3[nH]2)N1c1ccccn1. The third-order valence-electron chi connectivity index (χ3n) is 5.93. The molecule has 6 nitrogen and oxygen atoms in total. The number of hydrogen-bond acceptors (Lipinski definition) is 4. The molecule has 1 saturated heterocycles. The summed E-state index contributed by atoms with van der Waals surface area (Å²) < 4.78 is 45.3. The number of anilines is 1. The van der Waals surface area contributed by atoms with E-state index in [1.807, 2.05) is 0 Å². The molecule has 2 aromatic heterocycles. The summed E-state index contributed by atoms with van der Waals surface area (Å²) in [5.41, 5.74) is -0.860. The number of benzene rings is 1. The lowest BCUT2D eigenvalue weighted by atomic mass is 9.79. The lowest BCUT2D eigenvalue weighted by Crippen LogP contribution is -2.41. The highest BCUT2D eigenvalue weighted by Gasteiger charge is 2.57. The van der Waals surface area contributed by atoms with E-state index in [4.69, 9.17) is 4.74 Å². The summed E-state index contributed by atoms with van der Waals surface area (Å²) >= 11 is 0. The highest BCUT2D eigenvalue weighted by Crippen LogP contribution is 2.50. The van der Waals surface area contributed by atoms with Crippen molar-refractivity contribution in [3.63, 3.8) is 0 Å². The Morgan fingerprint density at radius 2 is 1.93 bits per heavy atom. The summed E-state index contributed by atoms with van der Waals surface area (Å²) in [6.45, 7) is 0. The molecule has 1 aromatic carbocycles. The van der Waals surface area contributed by atoms with Gasteiger partial charge in [0, 0.05) is 6.20 Å². The molecule has 3 aromatic rings. The number of halogens is 3. The minimum atomic E-state index is -4.45. The fraction of sp³-hybridized carbons (Fsp3) is 0.381. The van der Waals surface area contributed by atoms with E-state index in [1.54, 1.807) is 24.4 Å². The third kappa shape index (κ3) is 3.00. The zero-order valence-corrected chi connectivity index (χ0v) is 15.9. The maximum absolute atomic E-state index is 13.1. The van der Waals surface area contributed by atoms with Crippen LogP contribution in [0.1, 0.15) is 49.5 Å². The van der Waals surface area contributed by atoms with Gasteiger partial charge in [0.1, 0.15) is 23.3 Å². The molecule has 1 amide bonds. The first-order valence-corrected chi connectivity index (χ1v) is 9.87. The van der Waals surface area contributed by atoms with Gasteiger partial charge in [0.05, 0.1) is 16.6 Å². The number of aromatic amines is 1. The van der Waals surface area contributed by atoms with E-state index in [0.717, 1.165) is 31.4 Å². The zero-order chi connectivity index (χ0) is 20.9. The van der Waals surface area contributed by atoms with E-state index >= 15 is 0 Å². The summed E-state index contributed by atoms with van der Waals surface area (Å²) in [5, 5.41) is 0. The quantitative estimate of drug-likeness (QED) is 0.609.